The van der Waals surface area contributed by atoms with E-state index in [9.17, 15) is 9.18 Å². The van der Waals surface area contributed by atoms with Gasteiger partial charge in [-0.2, -0.15) is 0 Å². The second-order valence-corrected chi connectivity index (χ2v) is 3.52. The molecule has 0 fully saturated rings. The Morgan fingerprint density at radius 2 is 2.00 bits per heavy atom. The highest BCUT2D eigenvalue weighted by Gasteiger charge is 2.03. The van der Waals surface area contributed by atoms with Gasteiger partial charge in [-0.3, -0.25) is 4.79 Å². The van der Waals surface area contributed by atoms with Gasteiger partial charge < -0.3 is 5.32 Å². The molecule has 0 saturated carbocycles. The van der Waals surface area contributed by atoms with Gasteiger partial charge >= 0.3 is 0 Å². The molecule has 0 aliphatic rings. The molecule has 1 rings (SSSR count). The Hall–Kier alpha value is -1.29. The lowest BCUT2D eigenvalue weighted by Crippen LogP contribution is -2.28. The standard InChI is InChI=1S/C10H10FNOS/c1-7(14)12-10(13)6-8-2-4-9(11)5-3-8/h2-5H,6H2,1H3,(H,12,13,14). The van der Waals surface area contributed by atoms with Crippen molar-refractivity contribution >= 4 is 23.1 Å². The molecule has 74 valence electrons. The zero-order valence-corrected chi connectivity index (χ0v) is 8.53. The lowest BCUT2D eigenvalue weighted by atomic mass is 10.1. The highest BCUT2D eigenvalue weighted by atomic mass is 32.1. The van der Waals surface area contributed by atoms with Crippen LogP contribution in [0.4, 0.5) is 4.39 Å². The zero-order valence-electron chi connectivity index (χ0n) is 7.71. The molecular formula is C10H10FNOS. The predicted molar refractivity (Wildman–Crippen MR) is 56.5 cm³/mol. The summed E-state index contributed by atoms with van der Waals surface area (Å²) in [5.74, 6) is -0.482. The summed E-state index contributed by atoms with van der Waals surface area (Å²) >= 11 is 4.72. The minimum atomic E-state index is -0.305. The van der Waals surface area contributed by atoms with Crippen LogP contribution in [0, 0.1) is 5.82 Å². The predicted octanol–water partition coefficient (Wildman–Crippen LogP) is 1.83. The van der Waals surface area contributed by atoms with Crippen LogP contribution in [0.3, 0.4) is 0 Å². The van der Waals surface area contributed by atoms with Crippen LogP contribution >= 0.6 is 12.2 Å². The van der Waals surface area contributed by atoms with Crippen LogP contribution < -0.4 is 5.32 Å². The number of nitrogens with one attached hydrogen (secondary N) is 1. The first-order valence-corrected chi connectivity index (χ1v) is 4.53. The Morgan fingerprint density at radius 3 is 2.50 bits per heavy atom. The quantitative estimate of drug-likeness (QED) is 0.756. The van der Waals surface area contributed by atoms with Crippen molar-refractivity contribution in [3.05, 3.63) is 35.6 Å². The van der Waals surface area contributed by atoms with Crippen LogP contribution in [0.2, 0.25) is 0 Å². The molecule has 0 aromatic heterocycles. The van der Waals surface area contributed by atoms with Gasteiger partial charge in [0.25, 0.3) is 0 Å². The Labute approximate surface area is 87.1 Å². The van der Waals surface area contributed by atoms with Gasteiger partial charge in [-0.05, 0) is 24.6 Å². The molecule has 0 heterocycles. The van der Waals surface area contributed by atoms with Gasteiger partial charge in [-0.1, -0.05) is 24.4 Å². The van der Waals surface area contributed by atoms with Gasteiger partial charge in [-0.25, -0.2) is 4.39 Å². The Morgan fingerprint density at radius 1 is 1.43 bits per heavy atom. The Kier molecular flexibility index (Phi) is 3.71. The molecule has 1 aromatic carbocycles. The summed E-state index contributed by atoms with van der Waals surface area (Å²) in [6.45, 7) is 1.64. The maximum absolute atomic E-state index is 12.5. The van der Waals surface area contributed by atoms with Gasteiger partial charge in [0.1, 0.15) is 5.82 Å². The number of hydrogen-bond donors (Lipinski definition) is 1. The van der Waals surface area contributed by atoms with E-state index >= 15 is 0 Å². The maximum Gasteiger partial charge on any atom is 0.229 e. The summed E-state index contributed by atoms with van der Waals surface area (Å²) in [5, 5.41) is 2.50. The first-order chi connectivity index (χ1) is 6.58. The molecule has 1 amide bonds. The molecule has 4 heteroatoms. The molecule has 1 N–H and O–H groups in total. The minimum absolute atomic E-state index is 0.177. The van der Waals surface area contributed by atoms with Crippen molar-refractivity contribution in [2.24, 2.45) is 0 Å². The van der Waals surface area contributed by atoms with Gasteiger partial charge in [0.2, 0.25) is 5.91 Å². The molecule has 0 saturated heterocycles. The van der Waals surface area contributed by atoms with Crippen molar-refractivity contribution < 1.29 is 9.18 Å². The summed E-state index contributed by atoms with van der Waals surface area (Å²) in [4.78, 5) is 11.7. The van der Waals surface area contributed by atoms with Gasteiger partial charge in [-0.15, -0.1) is 0 Å². The minimum Gasteiger partial charge on any atom is -0.320 e. The Balaban J connectivity index is 2.56. The van der Waals surface area contributed by atoms with Crippen molar-refractivity contribution in [2.45, 2.75) is 13.3 Å². The van der Waals surface area contributed by atoms with Crippen molar-refractivity contribution in [2.75, 3.05) is 0 Å². The second-order valence-electron chi connectivity index (χ2n) is 2.91. The van der Waals surface area contributed by atoms with E-state index < -0.39 is 0 Å². The summed E-state index contributed by atoms with van der Waals surface area (Å²) in [7, 11) is 0. The van der Waals surface area contributed by atoms with E-state index in [1.807, 2.05) is 0 Å². The zero-order chi connectivity index (χ0) is 10.6. The highest BCUT2D eigenvalue weighted by molar-refractivity contribution is 7.80. The van der Waals surface area contributed by atoms with Crippen molar-refractivity contribution in [3.8, 4) is 0 Å². The first-order valence-electron chi connectivity index (χ1n) is 4.13. The fourth-order valence-corrected chi connectivity index (χ4v) is 1.14. The SMILES string of the molecule is CC(=S)NC(=O)Cc1ccc(F)cc1. The maximum atomic E-state index is 12.5. The number of carbonyl (C=O) groups excluding carboxylic acids is 1. The number of hydrogen-bond acceptors (Lipinski definition) is 2. The third-order valence-electron chi connectivity index (χ3n) is 1.59. The van der Waals surface area contributed by atoms with Gasteiger partial charge in [0, 0.05) is 0 Å². The lowest BCUT2D eigenvalue weighted by Gasteiger charge is -2.02. The lowest BCUT2D eigenvalue weighted by molar-refractivity contribution is -0.119. The number of rotatable bonds is 2. The number of benzene rings is 1. The van der Waals surface area contributed by atoms with Crippen LogP contribution in [-0.2, 0) is 11.2 Å². The number of carbonyl (C=O) groups is 1. The molecule has 0 radical (unpaired) electrons. The van der Waals surface area contributed by atoms with Crippen LogP contribution in [0.5, 0.6) is 0 Å². The van der Waals surface area contributed by atoms with E-state index in [0.717, 1.165) is 5.56 Å². The molecule has 1 aromatic rings. The van der Waals surface area contributed by atoms with Crippen LogP contribution in [0.15, 0.2) is 24.3 Å². The molecular weight excluding hydrogens is 201 g/mol. The normalized spacial score (nSPS) is 9.57. The third-order valence-corrected chi connectivity index (χ3v) is 1.70. The number of amides is 1. The fraction of sp³-hybridized carbons (Fsp3) is 0.200. The summed E-state index contributed by atoms with van der Waals surface area (Å²) in [5.41, 5.74) is 0.764. The van der Waals surface area contributed by atoms with E-state index in [2.05, 4.69) is 5.32 Å². The van der Waals surface area contributed by atoms with Crippen LogP contribution in [0.1, 0.15) is 12.5 Å². The highest BCUT2D eigenvalue weighted by Crippen LogP contribution is 2.03. The first kappa shape index (κ1) is 10.8. The number of halogens is 1. The average molecular weight is 211 g/mol. The summed E-state index contributed by atoms with van der Waals surface area (Å²) in [6.07, 6.45) is 0.217. The van der Waals surface area contributed by atoms with E-state index in [4.69, 9.17) is 12.2 Å². The fourth-order valence-electron chi connectivity index (χ4n) is 1.03. The van der Waals surface area contributed by atoms with E-state index in [1.165, 1.54) is 12.1 Å². The smallest absolute Gasteiger partial charge is 0.229 e. The monoisotopic (exact) mass is 211 g/mol. The van der Waals surface area contributed by atoms with Crippen LogP contribution in [-0.4, -0.2) is 10.9 Å². The topological polar surface area (TPSA) is 29.1 Å². The molecule has 0 atom stereocenters. The molecule has 2 nitrogen and oxygen atoms in total. The molecule has 0 unspecified atom stereocenters. The molecule has 14 heavy (non-hydrogen) atoms. The third kappa shape index (κ3) is 3.62. The molecule has 0 aliphatic heterocycles. The van der Waals surface area contributed by atoms with E-state index in [1.54, 1.807) is 19.1 Å². The molecule has 0 bridgehead atoms. The summed E-state index contributed by atoms with van der Waals surface area (Å²) in [6, 6.07) is 5.81. The van der Waals surface area contributed by atoms with E-state index in [0.29, 0.717) is 4.99 Å². The van der Waals surface area contributed by atoms with Gasteiger partial charge in [0.15, 0.2) is 0 Å². The van der Waals surface area contributed by atoms with Gasteiger partial charge in [0.05, 0.1) is 11.4 Å². The largest absolute Gasteiger partial charge is 0.320 e. The van der Waals surface area contributed by atoms with Crippen molar-refractivity contribution in [1.82, 2.24) is 5.32 Å². The van der Waals surface area contributed by atoms with Crippen LogP contribution in [0.25, 0.3) is 0 Å². The molecule has 0 aliphatic carbocycles. The molecule has 0 spiro atoms. The average Bonchev–Trinajstić information content (AvgIpc) is 2.07. The number of thiocarbonyl (C=S) groups is 1. The van der Waals surface area contributed by atoms with E-state index in [-0.39, 0.29) is 18.1 Å². The van der Waals surface area contributed by atoms with Crippen molar-refractivity contribution in [3.63, 3.8) is 0 Å². The second kappa shape index (κ2) is 4.81. The Bertz CT molecular complexity index is 348. The van der Waals surface area contributed by atoms with Crippen molar-refractivity contribution in [1.29, 1.82) is 0 Å². The summed E-state index contributed by atoms with van der Waals surface area (Å²) < 4.78 is 12.5.